The van der Waals surface area contributed by atoms with E-state index >= 15 is 0 Å². The number of nitrogens with one attached hydrogen (secondary N) is 2. The maximum Gasteiger partial charge on any atom is 0.251 e. The summed E-state index contributed by atoms with van der Waals surface area (Å²) in [6, 6.07) is 7.14. The van der Waals surface area contributed by atoms with E-state index in [0.29, 0.717) is 32.6 Å². The summed E-state index contributed by atoms with van der Waals surface area (Å²) in [5.41, 5.74) is 0.816. The van der Waals surface area contributed by atoms with E-state index in [-0.39, 0.29) is 17.9 Å². The molecule has 0 bridgehead atoms. The number of thiazole rings is 1. The first-order valence-electron chi connectivity index (χ1n) is 8.39. The lowest BCUT2D eigenvalue weighted by Crippen LogP contribution is -2.32. The summed E-state index contributed by atoms with van der Waals surface area (Å²) < 4.78 is 29.5. The number of anilines is 1. The van der Waals surface area contributed by atoms with Gasteiger partial charge in [-0.05, 0) is 30.3 Å². The molecule has 3 rings (SSSR count). The molecule has 0 aliphatic heterocycles. The lowest BCUT2D eigenvalue weighted by Gasteiger charge is -2.14. The van der Waals surface area contributed by atoms with Gasteiger partial charge in [0.2, 0.25) is 11.7 Å². The summed E-state index contributed by atoms with van der Waals surface area (Å²) in [5, 5.41) is 5.42. The van der Waals surface area contributed by atoms with E-state index in [4.69, 9.17) is 14.2 Å². The second-order valence-corrected chi connectivity index (χ2v) is 6.81. The fraction of sp³-hybridized carbons (Fsp3) is 0.211. The van der Waals surface area contributed by atoms with Gasteiger partial charge in [0.25, 0.3) is 5.91 Å². The predicted octanol–water partition coefficient (Wildman–Crippen LogP) is 2.83. The van der Waals surface area contributed by atoms with Gasteiger partial charge in [0.1, 0.15) is 5.82 Å². The molecule has 0 spiro atoms. The van der Waals surface area contributed by atoms with Crippen molar-refractivity contribution in [2.75, 3.05) is 33.2 Å². The second-order valence-electron chi connectivity index (χ2n) is 5.78. The Labute approximate surface area is 169 Å². The molecule has 29 heavy (non-hydrogen) atoms. The number of carbonyl (C=O) groups is 2. The Balaban J connectivity index is 1.65. The molecule has 2 aromatic carbocycles. The van der Waals surface area contributed by atoms with Gasteiger partial charge >= 0.3 is 0 Å². The molecule has 0 saturated heterocycles. The third-order valence-electron chi connectivity index (χ3n) is 3.93. The molecule has 152 valence electrons. The highest BCUT2D eigenvalue weighted by atomic mass is 32.1. The van der Waals surface area contributed by atoms with Crippen molar-refractivity contribution in [3.05, 3.63) is 41.7 Å². The minimum atomic E-state index is -0.495. The number of hydrogen-bond acceptors (Lipinski definition) is 7. The van der Waals surface area contributed by atoms with Crippen LogP contribution in [0.1, 0.15) is 10.4 Å². The molecule has 2 amide bonds. The minimum absolute atomic E-state index is 0.239. The van der Waals surface area contributed by atoms with Crippen LogP contribution in [0.25, 0.3) is 10.2 Å². The van der Waals surface area contributed by atoms with E-state index in [1.807, 2.05) is 0 Å². The average molecular weight is 419 g/mol. The molecule has 0 aliphatic rings. The number of amides is 2. The maximum absolute atomic E-state index is 13.3. The molecular formula is C19H18FN3O5S. The number of halogens is 1. The number of fused-ring (bicyclic) bond motifs is 1. The molecule has 0 atom stereocenters. The number of aromatic nitrogens is 1. The van der Waals surface area contributed by atoms with E-state index in [1.54, 1.807) is 0 Å². The zero-order chi connectivity index (χ0) is 21.0. The number of rotatable bonds is 7. The molecule has 3 aromatic rings. The Morgan fingerprint density at radius 3 is 2.38 bits per heavy atom. The van der Waals surface area contributed by atoms with E-state index in [9.17, 15) is 14.0 Å². The maximum atomic E-state index is 13.3. The van der Waals surface area contributed by atoms with Crippen LogP contribution >= 0.6 is 11.3 Å². The van der Waals surface area contributed by atoms with Crippen LogP contribution in [0.5, 0.6) is 17.2 Å². The standard InChI is InChI=1S/C19H18FN3O5S/c1-26-13-6-10(7-14(27-2)17(13)28-3)18(25)21-9-16(24)23-19-22-12-5-4-11(20)8-15(12)29-19/h4-8H,9H2,1-3H3,(H,21,25)(H,22,23,24). The lowest BCUT2D eigenvalue weighted by atomic mass is 10.1. The average Bonchev–Trinajstić information content (AvgIpc) is 3.11. The Kier molecular flexibility index (Phi) is 6.13. The molecule has 0 radical (unpaired) electrons. The van der Waals surface area contributed by atoms with E-state index in [1.165, 1.54) is 51.7 Å². The predicted molar refractivity (Wildman–Crippen MR) is 107 cm³/mol. The van der Waals surface area contributed by atoms with Gasteiger partial charge < -0.3 is 24.8 Å². The zero-order valence-corrected chi connectivity index (χ0v) is 16.7. The summed E-state index contributed by atoms with van der Waals surface area (Å²) >= 11 is 1.14. The van der Waals surface area contributed by atoms with E-state index in [0.717, 1.165) is 11.3 Å². The van der Waals surface area contributed by atoms with Crippen molar-refractivity contribution in [2.45, 2.75) is 0 Å². The Hall–Kier alpha value is -3.40. The van der Waals surface area contributed by atoms with Crippen molar-refractivity contribution in [2.24, 2.45) is 0 Å². The van der Waals surface area contributed by atoms with Crippen LogP contribution < -0.4 is 24.8 Å². The first-order valence-corrected chi connectivity index (χ1v) is 9.21. The van der Waals surface area contributed by atoms with Gasteiger partial charge in [-0.25, -0.2) is 9.37 Å². The van der Waals surface area contributed by atoms with Crippen LogP contribution in [-0.4, -0.2) is 44.7 Å². The number of nitrogens with zero attached hydrogens (tertiary/aromatic N) is 1. The Morgan fingerprint density at radius 1 is 1.07 bits per heavy atom. The molecule has 0 fully saturated rings. The molecule has 0 aliphatic carbocycles. The highest BCUT2D eigenvalue weighted by Gasteiger charge is 2.17. The van der Waals surface area contributed by atoms with Gasteiger partial charge in [-0.1, -0.05) is 11.3 Å². The van der Waals surface area contributed by atoms with Crippen molar-refractivity contribution < 1.29 is 28.2 Å². The van der Waals surface area contributed by atoms with Gasteiger partial charge in [-0.3, -0.25) is 9.59 Å². The number of ether oxygens (including phenoxy) is 3. The SMILES string of the molecule is COc1cc(C(=O)NCC(=O)Nc2nc3ccc(F)cc3s2)cc(OC)c1OC. The molecule has 0 unspecified atom stereocenters. The Morgan fingerprint density at radius 2 is 1.76 bits per heavy atom. The number of benzene rings is 2. The van der Waals surface area contributed by atoms with Crippen LogP contribution in [0.3, 0.4) is 0 Å². The fourth-order valence-electron chi connectivity index (χ4n) is 2.59. The smallest absolute Gasteiger partial charge is 0.251 e. The summed E-state index contributed by atoms with van der Waals surface area (Å²) in [7, 11) is 4.34. The van der Waals surface area contributed by atoms with Gasteiger partial charge in [0.15, 0.2) is 16.6 Å². The highest BCUT2D eigenvalue weighted by Crippen LogP contribution is 2.38. The molecule has 0 saturated carbocycles. The largest absolute Gasteiger partial charge is 0.493 e. The van der Waals surface area contributed by atoms with Crippen molar-refractivity contribution in [1.29, 1.82) is 0 Å². The summed E-state index contributed by atoms with van der Waals surface area (Å²) in [6.07, 6.45) is 0. The first kappa shape index (κ1) is 20.3. The van der Waals surface area contributed by atoms with Crippen LogP contribution in [0, 0.1) is 5.82 Å². The number of hydrogen-bond donors (Lipinski definition) is 2. The van der Waals surface area contributed by atoms with Crippen LogP contribution in [0.2, 0.25) is 0 Å². The van der Waals surface area contributed by atoms with E-state index < -0.39 is 11.8 Å². The van der Waals surface area contributed by atoms with Crippen molar-refractivity contribution in [3.8, 4) is 17.2 Å². The second kappa shape index (κ2) is 8.74. The number of methoxy groups -OCH3 is 3. The normalized spacial score (nSPS) is 10.5. The Bertz CT molecular complexity index is 1040. The van der Waals surface area contributed by atoms with Crippen LogP contribution in [-0.2, 0) is 4.79 Å². The van der Waals surface area contributed by atoms with Crippen molar-refractivity contribution in [3.63, 3.8) is 0 Å². The van der Waals surface area contributed by atoms with Crippen LogP contribution in [0.4, 0.5) is 9.52 Å². The molecule has 1 aromatic heterocycles. The van der Waals surface area contributed by atoms with E-state index in [2.05, 4.69) is 15.6 Å². The molecule has 8 nitrogen and oxygen atoms in total. The van der Waals surface area contributed by atoms with Crippen molar-refractivity contribution in [1.82, 2.24) is 10.3 Å². The third-order valence-corrected chi connectivity index (χ3v) is 4.87. The molecule has 2 N–H and O–H groups in total. The van der Waals surface area contributed by atoms with Crippen molar-refractivity contribution >= 4 is 38.5 Å². The summed E-state index contributed by atoms with van der Waals surface area (Å²) in [4.78, 5) is 28.8. The summed E-state index contributed by atoms with van der Waals surface area (Å²) in [6.45, 7) is -0.278. The first-order chi connectivity index (χ1) is 13.9. The van der Waals surface area contributed by atoms with Crippen LogP contribution in [0.15, 0.2) is 30.3 Å². The molecule has 10 heteroatoms. The fourth-order valence-corrected chi connectivity index (χ4v) is 3.50. The topological polar surface area (TPSA) is 98.8 Å². The minimum Gasteiger partial charge on any atom is -0.493 e. The summed E-state index contributed by atoms with van der Waals surface area (Å²) in [5.74, 6) is -0.337. The third kappa shape index (κ3) is 4.54. The highest BCUT2D eigenvalue weighted by molar-refractivity contribution is 7.22. The van der Waals surface area contributed by atoms with Gasteiger partial charge in [0.05, 0.1) is 38.1 Å². The molecule has 1 heterocycles. The molecular weight excluding hydrogens is 401 g/mol. The monoisotopic (exact) mass is 419 g/mol. The van der Waals surface area contributed by atoms with Gasteiger partial charge in [0, 0.05) is 5.56 Å². The lowest BCUT2D eigenvalue weighted by molar-refractivity contribution is -0.115. The van der Waals surface area contributed by atoms with Gasteiger partial charge in [-0.15, -0.1) is 0 Å². The zero-order valence-electron chi connectivity index (χ0n) is 15.9. The number of carbonyl (C=O) groups excluding carboxylic acids is 2. The quantitative estimate of drug-likeness (QED) is 0.611. The van der Waals surface area contributed by atoms with Gasteiger partial charge in [-0.2, -0.15) is 0 Å².